The number of halogens is 1. The lowest BCUT2D eigenvalue weighted by Crippen LogP contribution is -2.48. The Balaban J connectivity index is 1.54. The number of benzene rings is 2. The van der Waals surface area contributed by atoms with Gasteiger partial charge in [0.15, 0.2) is 0 Å². The fourth-order valence-corrected chi connectivity index (χ4v) is 5.31. The summed E-state index contributed by atoms with van der Waals surface area (Å²) >= 11 is 5.82. The minimum absolute atomic E-state index is 0.0386. The quantitative estimate of drug-likeness (QED) is 0.468. The van der Waals surface area contributed by atoms with E-state index in [-0.39, 0.29) is 54.6 Å². The largest absolute Gasteiger partial charge is 0.465 e. The molecule has 2 N–H and O–H groups in total. The second-order valence-corrected chi connectivity index (χ2v) is 9.85. The van der Waals surface area contributed by atoms with Crippen molar-refractivity contribution in [3.8, 4) is 0 Å². The van der Waals surface area contributed by atoms with Crippen LogP contribution in [0, 0.1) is 5.92 Å². The van der Waals surface area contributed by atoms with Crippen molar-refractivity contribution < 1.29 is 27.5 Å². The van der Waals surface area contributed by atoms with Crippen molar-refractivity contribution in [2.45, 2.75) is 24.2 Å². The van der Waals surface area contributed by atoms with Crippen LogP contribution >= 0.6 is 11.6 Å². The monoisotopic (exact) mass is 493 g/mol. The van der Waals surface area contributed by atoms with Crippen LogP contribution in [0.3, 0.4) is 0 Å². The molecule has 11 heteroatoms. The highest BCUT2D eigenvalue weighted by atomic mass is 35.5. The first kappa shape index (κ1) is 24.7. The highest BCUT2D eigenvalue weighted by molar-refractivity contribution is 7.89. The minimum atomic E-state index is -3.94. The van der Waals surface area contributed by atoms with Gasteiger partial charge in [-0.1, -0.05) is 35.9 Å². The minimum Gasteiger partial charge on any atom is -0.465 e. The predicted molar refractivity (Wildman–Crippen MR) is 121 cm³/mol. The van der Waals surface area contributed by atoms with E-state index in [1.165, 1.54) is 29.6 Å². The fourth-order valence-electron chi connectivity index (χ4n) is 3.53. The van der Waals surface area contributed by atoms with Crippen LogP contribution < -0.4 is 10.9 Å². The molecule has 2 aromatic carbocycles. The molecule has 9 nitrogen and oxygen atoms in total. The second kappa shape index (κ2) is 10.8. The highest BCUT2D eigenvalue weighted by Crippen LogP contribution is 2.26. The number of carbonyl (C=O) groups is 3. The Morgan fingerprint density at radius 2 is 1.67 bits per heavy atom. The third-order valence-corrected chi connectivity index (χ3v) is 7.55. The maximum atomic E-state index is 13.1. The van der Waals surface area contributed by atoms with E-state index in [1.54, 1.807) is 30.3 Å². The summed E-state index contributed by atoms with van der Waals surface area (Å²) in [6, 6.07) is 12.6. The number of hydrogen-bond acceptors (Lipinski definition) is 6. The smallest absolute Gasteiger partial charge is 0.339 e. The first-order valence-corrected chi connectivity index (χ1v) is 12.0. The number of ether oxygens (including phenoxy) is 1. The Kier molecular flexibility index (Phi) is 8.06. The summed E-state index contributed by atoms with van der Waals surface area (Å²) in [6.45, 7) is 0.212. The molecule has 0 radical (unpaired) electrons. The molecular formula is C22H24ClN3O6S. The molecule has 1 aliphatic rings. The van der Waals surface area contributed by atoms with Gasteiger partial charge in [-0.15, -0.1) is 0 Å². The number of hydrogen-bond donors (Lipinski definition) is 2. The predicted octanol–water partition coefficient (Wildman–Crippen LogP) is 1.92. The zero-order valence-electron chi connectivity index (χ0n) is 17.9. The SMILES string of the molecule is COC(=O)c1ccccc1S(=O)(=O)N1CCC(C(=O)NNC(=O)Cc2ccc(Cl)cc2)CC1. The molecule has 0 atom stereocenters. The van der Waals surface area contributed by atoms with Crippen LogP contribution in [-0.2, 0) is 30.8 Å². The molecule has 1 fully saturated rings. The molecule has 2 amide bonds. The number of carbonyl (C=O) groups excluding carboxylic acids is 3. The Morgan fingerprint density at radius 3 is 2.30 bits per heavy atom. The molecule has 0 aromatic heterocycles. The van der Waals surface area contributed by atoms with Crippen LogP contribution in [0.5, 0.6) is 0 Å². The van der Waals surface area contributed by atoms with Crippen LogP contribution in [0.2, 0.25) is 5.02 Å². The van der Waals surface area contributed by atoms with Crippen molar-refractivity contribution in [2.24, 2.45) is 5.92 Å². The number of nitrogens with one attached hydrogen (secondary N) is 2. The zero-order valence-corrected chi connectivity index (χ0v) is 19.5. The fraction of sp³-hybridized carbons (Fsp3) is 0.318. The summed E-state index contributed by atoms with van der Waals surface area (Å²) in [5.74, 6) is -1.96. The van der Waals surface area contributed by atoms with E-state index in [4.69, 9.17) is 11.6 Å². The Hall–Kier alpha value is -2.95. The maximum Gasteiger partial charge on any atom is 0.339 e. The van der Waals surface area contributed by atoms with Crippen molar-refractivity contribution in [1.29, 1.82) is 0 Å². The molecule has 1 saturated heterocycles. The Labute approximate surface area is 197 Å². The van der Waals surface area contributed by atoms with Gasteiger partial charge in [0.2, 0.25) is 21.8 Å². The average molecular weight is 494 g/mol. The molecule has 2 aromatic rings. The van der Waals surface area contributed by atoms with Crippen molar-refractivity contribution in [3.63, 3.8) is 0 Å². The van der Waals surface area contributed by atoms with Crippen LogP contribution in [-0.4, -0.2) is 50.7 Å². The van der Waals surface area contributed by atoms with E-state index in [0.717, 1.165) is 5.56 Å². The van der Waals surface area contributed by atoms with Gasteiger partial charge in [-0.3, -0.25) is 20.4 Å². The van der Waals surface area contributed by atoms with Gasteiger partial charge < -0.3 is 4.74 Å². The first-order valence-electron chi connectivity index (χ1n) is 10.2. The molecule has 0 saturated carbocycles. The summed E-state index contributed by atoms with van der Waals surface area (Å²) in [5, 5.41) is 0.564. The van der Waals surface area contributed by atoms with E-state index < -0.39 is 21.9 Å². The number of piperidine rings is 1. The second-order valence-electron chi connectivity index (χ2n) is 7.51. The molecule has 0 bridgehead atoms. The Bertz CT molecular complexity index is 1130. The van der Waals surface area contributed by atoms with Gasteiger partial charge in [0.25, 0.3) is 0 Å². The average Bonchev–Trinajstić information content (AvgIpc) is 2.83. The van der Waals surface area contributed by atoms with Crippen molar-refractivity contribution in [3.05, 3.63) is 64.7 Å². The van der Waals surface area contributed by atoms with Crippen LogP contribution in [0.25, 0.3) is 0 Å². The van der Waals surface area contributed by atoms with Crippen LogP contribution in [0.4, 0.5) is 0 Å². The molecule has 3 rings (SSSR count). The van der Waals surface area contributed by atoms with Crippen molar-refractivity contribution >= 4 is 39.4 Å². The van der Waals surface area contributed by atoms with Gasteiger partial charge in [0, 0.05) is 24.0 Å². The summed E-state index contributed by atoms with van der Waals surface area (Å²) < 4.78 is 32.1. The third kappa shape index (κ3) is 6.10. The highest BCUT2D eigenvalue weighted by Gasteiger charge is 2.34. The van der Waals surface area contributed by atoms with E-state index >= 15 is 0 Å². The van der Waals surface area contributed by atoms with Gasteiger partial charge in [-0.2, -0.15) is 4.31 Å². The molecule has 1 heterocycles. The first-order chi connectivity index (χ1) is 15.7. The topological polar surface area (TPSA) is 122 Å². The number of esters is 1. The summed E-state index contributed by atoms with van der Waals surface area (Å²) in [6.07, 6.45) is 0.630. The van der Waals surface area contributed by atoms with Crippen LogP contribution in [0.15, 0.2) is 53.4 Å². The van der Waals surface area contributed by atoms with Crippen LogP contribution in [0.1, 0.15) is 28.8 Å². The van der Waals surface area contributed by atoms with Gasteiger partial charge in [0.05, 0.1) is 24.0 Å². The normalized spacial score (nSPS) is 15.0. The standard InChI is InChI=1S/C22H24ClN3O6S/c1-32-22(29)18-4-2-3-5-19(18)33(30,31)26-12-10-16(11-13-26)21(28)25-24-20(27)14-15-6-8-17(23)9-7-15/h2-9,16H,10-14H2,1H3,(H,24,27)(H,25,28). The molecule has 0 unspecified atom stereocenters. The lowest BCUT2D eigenvalue weighted by Gasteiger charge is -2.30. The molecule has 0 aliphatic carbocycles. The molecule has 176 valence electrons. The van der Waals surface area contributed by atoms with E-state index in [2.05, 4.69) is 15.6 Å². The molecule has 33 heavy (non-hydrogen) atoms. The number of hydrazine groups is 1. The lowest BCUT2D eigenvalue weighted by molar-refractivity contribution is -0.131. The third-order valence-electron chi connectivity index (χ3n) is 5.34. The zero-order chi connectivity index (χ0) is 24.0. The number of rotatable bonds is 6. The van der Waals surface area contributed by atoms with Gasteiger partial charge in [-0.05, 0) is 42.7 Å². The summed E-state index contributed by atoms with van der Waals surface area (Å²) in [4.78, 5) is 36.3. The van der Waals surface area contributed by atoms with Crippen molar-refractivity contribution in [1.82, 2.24) is 15.2 Å². The molecule has 1 aliphatic heterocycles. The molecular weight excluding hydrogens is 470 g/mol. The lowest BCUT2D eigenvalue weighted by atomic mass is 9.98. The van der Waals surface area contributed by atoms with Gasteiger partial charge in [0.1, 0.15) is 0 Å². The Morgan fingerprint density at radius 1 is 1.03 bits per heavy atom. The number of sulfonamides is 1. The van der Waals surface area contributed by atoms with E-state index in [1.807, 2.05) is 0 Å². The van der Waals surface area contributed by atoms with Crippen molar-refractivity contribution in [2.75, 3.05) is 20.2 Å². The number of amides is 2. The summed E-state index contributed by atoms with van der Waals surface area (Å²) in [5.41, 5.74) is 5.50. The molecule has 0 spiro atoms. The van der Waals surface area contributed by atoms with E-state index in [0.29, 0.717) is 5.02 Å². The maximum absolute atomic E-state index is 13.1. The summed E-state index contributed by atoms with van der Waals surface area (Å²) in [7, 11) is -2.75. The number of nitrogens with zero attached hydrogens (tertiary/aromatic N) is 1. The van der Waals surface area contributed by atoms with E-state index in [9.17, 15) is 22.8 Å². The van der Waals surface area contributed by atoms with Gasteiger partial charge >= 0.3 is 5.97 Å². The number of methoxy groups -OCH3 is 1. The van der Waals surface area contributed by atoms with Gasteiger partial charge in [-0.25, -0.2) is 13.2 Å².